The van der Waals surface area contributed by atoms with Gasteiger partial charge in [-0.3, -0.25) is 0 Å². The summed E-state index contributed by atoms with van der Waals surface area (Å²) in [5.41, 5.74) is 0. The van der Waals surface area contributed by atoms with Gasteiger partial charge in [-0.2, -0.15) is 0 Å². The Morgan fingerprint density at radius 2 is 1.05 bits per heavy atom. The molecule has 2 aliphatic carbocycles. The number of rotatable bonds is 6. The number of methoxy groups -OCH3 is 4. The Balaban J connectivity index is 2.02. The normalized spacial score (nSPS) is 41.4. The first-order chi connectivity index (χ1) is 9.73. The topological polar surface area (TPSA) is 36.9 Å². The lowest BCUT2D eigenvalue weighted by Crippen LogP contribution is -2.46. The Morgan fingerprint density at radius 1 is 0.650 bits per heavy atom. The fourth-order valence-corrected chi connectivity index (χ4v) is 4.36. The number of ether oxygens (including phenoxy) is 4. The van der Waals surface area contributed by atoms with E-state index in [1.165, 1.54) is 12.8 Å². The van der Waals surface area contributed by atoms with Gasteiger partial charge in [0.25, 0.3) is 0 Å². The van der Waals surface area contributed by atoms with Crippen LogP contribution in [0.2, 0.25) is 0 Å². The molecular formula is C16H30O4. The van der Waals surface area contributed by atoms with Crippen LogP contribution in [0.1, 0.15) is 25.7 Å². The van der Waals surface area contributed by atoms with Crippen molar-refractivity contribution < 1.29 is 18.9 Å². The van der Waals surface area contributed by atoms with Gasteiger partial charge in [0.2, 0.25) is 0 Å². The molecule has 118 valence electrons. The van der Waals surface area contributed by atoms with Gasteiger partial charge in [-0.25, -0.2) is 0 Å². The summed E-state index contributed by atoms with van der Waals surface area (Å²) in [6, 6.07) is 0. The molecule has 0 aromatic heterocycles. The molecule has 20 heavy (non-hydrogen) atoms. The third kappa shape index (κ3) is 3.53. The lowest BCUT2D eigenvalue weighted by Gasteiger charge is -2.47. The molecule has 4 nitrogen and oxygen atoms in total. The molecule has 0 saturated heterocycles. The Bertz CT molecular complexity index is 256. The summed E-state index contributed by atoms with van der Waals surface area (Å²) in [4.78, 5) is 0. The zero-order valence-corrected chi connectivity index (χ0v) is 13.3. The smallest absolute Gasteiger partial charge is 0.0835 e. The van der Waals surface area contributed by atoms with E-state index in [9.17, 15) is 0 Å². The maximum Gasteiger partial charge on any atom is 0.0835 e. The van der Waals surface area contributed by atoms with Crippen LogP contribution in [0.15, 0.2) is 0 Å². The van der Waals surface area contributed by atoms with Crippen molar-refractivity contribution in [3.63, 3.8) is 0 Å². The van der Waals surface area contributed by atoms with Gasteiger partial charge in [-0.15, -0.1) is 0 Å². The van der Waals surface area contributed by atoms with Gasteiger partial charge in [0.15, 0.2) is 0 Å². The molecule has 0 bridgehead atoms. The van der Waals surface area contributed by atoms with E-state index in [0.717, 1.165) is 37.9 Å². The molecule has 2 saturated carbocycles. The largest absolute Gasteiger partial charge is 0.384 e. The van der Waals surface area contributed by atoms with Crippen LogP contribution in [0.25, 0.3) is 0 Å². The Kier molecular flexibility index (Phi) is 6.27. The molecule has 0 aromatic rings. The first-order valence-corrected chi connectivity index (χ1v) is 7.76. The van der Waals surface area contributed by atoms with Gasteiger partial charge in [-0.05, 0) is 49.4 Å². The minimum atomic E-state index is 0.253. The van der Waals surface area contributed by atoms with Crippen molar-refractivity contribution in [2.75, 3.05) is 41.7 Å². The predicted octanol–water partition coefficient (Wildman–Crippen LogP) is 2.36. The van der Waals surface area contributed by atoms with E-state index in [-0.39, 0.29) is 12.2 Å². The molecule has 2 aliphatic rings. The van der Waals surface area contributed by atoms with Gasteiger partial charge >= 0.3 is 0 Å². The Morgan fingerprint density at radius 3 is 1.35 bits per heavy atom. The Labute approximate surface area is 123 Å². The maximum absolute atomic E-state index is 5.63. The van der Waals surface area contributed by atoms with E-state index in [1.54, 1.807) is 28.4 Å². The van der Waals surface area contributed by atoms with Crippen molar-refractivity contribution in [3.8, 4) is 0 Å². The summed E-state index contributed by atoms with van der Waals surface area (Å²) < 4.78 is 22.1. The average molecular weight is 286 g/mol. The Hall–Kier alpha value is -0.160. The zero-order chi connectivity index (χ0) is 14.5. The number of fused-ring (bicyclic) bond motifs is 1. The van der Waals surface area contributed by atoms with Gasteiger partial charge in [0, 0.05) is 41.7 Å². The van der Waals surface area contributed by atoms with Crippen LogP contribution < -0.4 is 0 Å². The summed E-state index contributed by atoms with van der Waals surface area (Å²) in [5.74, 6) is 2.75. The van der Waals surface area contributed by atoms with Crippen LogP contribution in [0.4, 0.5) is 0 Å². The second-order valence-corrected chi connectivity index (χ2v) is 6.44. The molecule has 0 heterocycles. The highest BCUT2D eigenvalue weighted by molar-refractivity contribution is 4.93. The van der Waals surface area contributed by atoms with Crippen molar-refractivity contribution >= 4 is 0 Å². The average Bonchev–Trinajstić information content (AvgIpc) is 2.47. The monoisotopic (exact) mass is 286 g/mol. The predicted molar refractivity (Wildman–Crippen MR) is 77.8 cm³/mol. The fraction of sp³-hybridized carbons (Fsp3) is 1.00. The highest BCUT2D eigenvalue weighted by Crippen LogP contribution is 2.46. The molecule has 0 aliphatic heterocycles. The second-order valence-electron chi connectivity index (χ2n) is 6.44. The molecule has 2 rings (SSSR count). The third-order valence-electron chi connectivity index (χ3n) is 5.40. The minimum absolute atomic E-state index is 0.253. The first-order valence-electron chi connectivity index (χ1n) is 7.76. The SMILES string of the molecule is COC[C@H]1C[C@@H]2C[C@@H](OC)[C@H](OC)C[C@@H]2C[C@@H]1COC. The van der Waals surface area contributed by atoms with Gasteiger partial charge < -0.3 is 18.9 Å². The van der Waals surface area contributed by atoms with Crippen molar-refractivity contribution in [3.05, 3.63) is 0 Å². The van der Waals surface area contributed by atoms with E-state index in [0.29, 0.717) is 11.8 Å². The van der Waals surface area contributed by atoms with Crippen molar-refractivity contribution in [1.29, 1.82) is 0 Å². The van der Waals surface area contributed by atoms with Crippen molar-refractivity contribution in [2.45, 2.75) is 37.9 Å². The number of hydrogen-bond acceptors (Lipinski definition) is 4. The van der Waals surface area contributed by atoms with Crippen molar-refractivity contribution in [2.24, 2.45) is 23.7 Å². The first kappa shape index (κ1) is 16.2. The molecule has 6 atom stereocenters. The van der Waals surface area contributed by atoms with Crippen LogP contribution in [0, 0.1) is 23.7 Å². The van der Waals surface area contributed by atoms with E-state index in [4.69, 9.17) is 18.9 Å². The quantitative estimate of drug-likeness (QED) is 0.751. The molecule has 0 spiro atoms. The van der Waals surface area contributed by atoms with Gasteiger partial charge in [-0.1, -0.05) is 0 Å². The van der Waals surface area contributed by atoms with Crippen LogP contribution in [-0.2, 0) is 18.9 Å². The van der Waals surface area contributed by atoms with E-state index < -0.39 is 0 Å². The molecule has 0 unspecified atom stereocenters. The van der Waals surface area contributed by atoms with Gasteiger partial charge in [0.1, 0.15) is 0 Å². The second kappa shape index (κ2) is 7.74. The molecule has 0 amide bonds. The molecule has 0 radical (unpaired) electrons. The standard InChI is InChI=1S/C16H30O4/c1-17-9-13-5-11-7-15(19-3)16(20-4)8-12(11)6-14(13)10-18-2/h11-16H,5-10H2,1-4H3/t11-,12+,13-,14-,15-,16-/m1/s1. The van der Waals surface area contributed by atoms with Crippen LogP contribution >= 0.6 is 0 Å². The summed E-state index contributed by atoms with van der Waals surface area (Å²) in [5, 5.41) is 0. The van der Waals surface area contributed by atoms with E-state index >= 15 is 0 Å². The third-order valence-corrected chi connectivity index (χ3v) is 5.40. The molecule has 0 aromatic carbocycles. The molecular weight excluding hydrogens is 256 g/mol. The highest BCUT2D eigenvalue weighted by Gasteiger charge is 2.43. The lowest BCUT2D eigenvalue weighted by molar-refractivity contribution is -0.110. The summed E-state index contributed by atoms with van der Waals surface area (Å²) in [6.45, 7) is 1.70. The summed E-state index contributed by atoms with van der Waals surface area (Å²) in [7, 11) is 7.21. The molecule has 2 fully saturated rings. The molecule has 4 heteroatoms. The maximum atomic E-state index is 5.63. The van der Waals surface area contributed by atoms with Gasteiger partial charge in [0.05, 0.1) is 12.2 Å². The van der Waals surface area contributed by atoms with Crippen molar-refractivity contribution in [1.82, 2.24) is 0 Å². The zero-order valence-electron chi connectivity index (χ0n) is 13.3. The highest BCUT2D eigenvalue weighted by atomic mass is 16.5. The minimum Gasteiger partial charge on any atom is -0.384 e. The number of hydrogen-bond donors (Lipinski definition) is 0. The molecule has 0 N–H and O–H groups in total. The van der Waals surface area contributed by atoms with Crippen LogP contribution in [-0.4, -0.2) is 53.9 Å². The fourth-order valence-electron chi connectivity index (χ4n) is 4.36. The van der Waals surface area contributed by atoms with E-state index in [2.05, 4.69) is 0 Å². The lowest BCUT2D eigenvalue weighted by atomic mass is 9.62. The summed E-state index contributed by atoms with van der Waals surface area (Å²) in [6.07, 6.45) is 5.23. The summed E-state index contributed by atoms with van der Waals surface area (Å²) >= 11 is 0. The van der Waals surface area contributed by atoms with E-state index in [1.807, 2.05) is 0 Å². The van der Waals surface area contributed by atoms with Crippen LogP contribution in [0.3, 0.4) is 0 Å². The van der Waals surface area contributed by atoms with Crippen LogP contribution in [0.5, 0.6) is 0 Å².